The van der Waals surface area contributed by atoms with Crippen molar-refractivity contribution in [3.05, 3.63) is 17.4 Å². The van der Waals surface area contributed by atoms with E-state index < -0.39 is 0 Å². The minimum Gasteiger partial charge on any atom is -0.599 e. The average Bonchev–Trinajstić information content (AvgIpc) is 2.05. The van der Waals surface area contributed by atoms with Crippen molar-refractivity contribution in [2.24, 2.45) is 0 Å². The van der Waals surface area contributed by atoms with Crippen molar-refractivity contribution in [2.45, 2.75) is 25.3 Å². The fraction of sp³-hybridized carbons (Fsp3) is 0.667. The topological polar surface area (TPSA) is 36.7 Å². The molecule has 0 spiro atoms. The number of nitrogens with one attached hydrogen (secondary N) is 1. The van der Waals surface area contributed by atoms with Crippen LogP contribution in [0.2, 0.25) is 0 Å². The molecular weight excluding hydrogens is 245 g/mol. The Labute approximate surface area is 74.3 Å². The number of halogens is 1. The Balaban J connectivity index is 2.33. The standard InChI is InChI=1S/C6H10INO2/c7-10-8(9)6-4-2-1-3-5-6/h1-2,6,8H,3-5H2. The first kappa shape index (κ1) is 8.45. The van der Waals surface area contributed by atoms with Crippen molar-refractivity contribution in [1.82, 2.24) is 0 Å². The highest BCUT2D eigenvalue weighted by atomic mass is 127. The Morgan fingerprint density at radius 3 is 2.90 bits per heavy atom. The Bertz CT molecular complexity index is 129. The van der Waals surface area contributed by atoms with Gasteiger partial charge in [0.25, 0.3) is 0 Å². The highest BCUT2D eigenvalue weighted by Gasteiger charge is 2.16. The molecule has 10 heavy (non-hydrogen) atoms. The van der Waals surface area contributed by atoms with Crippen molar-refractivity contribution in [2.75, 3.05) is 0 Å². The van der Waals surface area contributed by atoms with Crippen LogP contribution in [0.15, 0.2) is 12.2 Å². The van der Waals surface area contributed by atoms with E-state index in [1.807, 2.05) is 6.08 Å². The minimum atomic E-state index is -0.0787. The molecule has 0 aromatic carbocycles. The number of allylic oxidation sites excluding steroid dienone is 1. The molecule has 2 unspecified atom stereocenters. The summed E-state index contributed by atoms with van der Waals surface area (Å²) in [6, 6.07) is 0.113. The fourth-order valence-corrected chi connectivity index (χ4v) is 1.43. The van der Waals surface area contributed by atoms with E-state index >= 15 is 0 Å². The van der Waals surface area contributed by atoms with Crippen molar-refractivity contribution >= 4 is 23.0 Å². The minimum absolute atomic E-state index is 0.0787. The van der Waals surface area contributed by atoms with Crippen molar-refractivity contribution in [3.63, 3.8) is 0 Å². The zero-order valence-corrected chi connectivity index (χ0v) is 7.71. The number of hydrogen-bond acceptors (Lipinski definition) is 2. The third kappa shape index (κ3) is 2.19. The molecule has 4 heteroatoms. The quantitative estimate of drug-likeness (QED) is 0.449. The van der Waals surface area contributed by atoms with Gasteiger partial charge >= 0.3 is 0 Å². The molecule has 58 valence electrons. The van der Waals surface area contributed by atoms with Gasteiger partial charge in [-0.3, -0.25) is 0 Å². The van der Waals surface area contributed by atoms with Crippen molar-refractivity contribution in [3.8, 4) is 0 Å². The van der Waals surface area contributed by atoms with Crippen molar-refractivity contribution in [1.29, 1.82) is 0 Å². The Morgan fingerprint density at radius 1 is 1.60 bits per heavy atom. The van der Waals surface area contributed by atoms with Gasteiger partial charge in [-0.1, -0.05) is 12.2 Å². The second-order valence-corrected chi connectivity index (χ2v) is 2.82. The zero-order chi connectivity index (χ0) is 7.40. The van der Waals surface area contributed by atoms with E-state index in [9.17, 15) is 5.21 Å². The lowest BCUT2D eigenvalue weighted by Gasteiger charge is -2.26. The molecule has 0 radical (unpaired) electrons. The van der Waals surface area contributed by atoms with Crippen LogP contribution < -0.4 is 5.23 Å². The lowest BCUT2D eigenvalue weighted by molar-refractivity contribution is -1.03. The van der Waals surface area contributed by atoms with Crippen LogP contribution in [0.25, 0.3) is 0 Å². The van der Waals surface area contributed by atoms with Crippen LogP contribution in [-0.4, -0.2) is 6.04 Å². The van der Waals surface area contributed by atoms with Gasteiger partial charge in [0, 0.05) is 12.8 Å². The monoisotopic (exact) mass is 255 g/mol. The summed E-state index contributed by atoms with van der Waals surface area (Å²) in [5, 5.41) is 10.8. The molecule has 1 aliphatic rings. The molecule has 1 aliphatic carbocycles. The summed E-state index contributed by atoms with van der Waals surface area (Å²) in [7, 11) is 0. The number of hydrogen-bond donors (Lipinski definition) is 1. The molecule has 0 saturated carbocycles. The van der Waals surface area contributed by atoms with E-state index in [1.54, 1.807) is 23.0 Å². The van der Waals surface area contributed by atoms with Crippen LogP contribution in [0, 0.1) is 5.21 Å². The summed E-state index contributed by atoms with van der Waals surface area (Å²) in [5.41, 5.74) is 0. The Morgan fingerprint density at radius 2 is 2.40 bits per heavy atom. The number of rotatable bonds is 2. The molecule has 0 heterocycles. The summed E-state index contributed by atoms with van der Waals surface area (Å²) in [6.45, 7) is 0. The number of hydroxylamine groups is 2. The van der Waals surface area contributed by atoms with Crippen LogP contribution in [0.1, 0.15) is 19.3 Å². The molecule has 0 aromatic rings. The average molecular weight is 255 g/mol. The van der Waals surface area contributed by atoms with Gasteiger partial charge < -0.3 is 5.21 Å². The van der Waals surface area contributed by atoms with Crippen LogP contribution in [-0.2, 0) is 3.17 Å². The molecule has 0 aliphatic heterocycles. The zero-order valence-electron chi connectivity index (χ0n) is 5.55. The molecule has 0 saturated heterocycles. The molecule has 1 N–H and O–H groups in total. The van der Waals surface area contributed by atoms with Gasteiger partial charge in [-0.05, 0) is 6.42 Å². The summed E-state index contributed by atoms with van der Waals surface area (Å²) in [6.07, 6.45) is 6.95. The molecule has 0 amide bonds. The van der Waals surface area contributed by atoms with Crippen molar-refractivity contribution < 1.29 is 8.39 Å². The SMILES string of the molecule is [O-][NH+](OI)C1CC=CCC1. The summed E-state index contributed by atoms with van der Waals surface area (Å²) >= 11 is 1.64. The summed E-state index contributed by atoms with van der Waals surface area (Å²) < 4.78 is 4.59. The van der Waals surface area contributed by atoms with Gasteiger partial charge in [0.2, 0.25) is 0 Å². The first-order valence-corrected chi connectivity index (χ1v) is 4.20. The van der Waals surface area contributed by atoms with Gasteiger partial charge in [0.15, 0.2) is 23.0 Å². The van der Waals surface area contributed by atoms with Crippen LogP contribution >= 0.6 is 23.0 Å². The van der Waals surface area contributed by atoms with E-state index in [-0.39, 0.29) is 11.3 Å². The van der Waals surface area contributed by atoms with Gasteiger partial charge in [-0.15, -0.1) is 3.17 Å². The van der Waals surface area contributed by atoms with Gasteiger partial charge in [0.1, 0.15) is 6.04 Å². The van der Waals surface area contributed by atoms with Gasteiger partial charge in [-0.25, -0.2) is 5.23 Å². The predicted octanol–water partition coefficient (Wildman–Crippen LogP) is 0.759. The largest absolute Gasteiger partial charge is 0.599 e. The molecule has 0 aromatic heterocycles. The maximum absolute atomic E-state index is 10.9. The second kappa shape index (κ2) is 4.27. The lowest BCUT2D eigenvalue weighted by atomic mass is 10.0. The van der Waals surface area contributed by atoms with Crippen LogP contribution in [0.4, 0.5) is 0 Å². The maximum atomic E-state index is 10.9. The lowest BCUT2D eigenvalue weighted by Crippen LogP contribution is -3.09. The Hall–Kier alpha value is 0.350. The van der Waals surface area contributed by atoms with E-state index in [4.69, 9.17) is 0 Å². The smallest absolute Gasteiger partial charge is 0.189 e. The van der Waals surface area contributed by atoms with E-state index in [1.165, 1.54) is 0 Å². The van der Waals surface area contributed by atoms with Gasteiger partial charge in [0.05, 0.1) is 0 Å². The molecule has 1 rings (SSSR count). The predicted molar refractivity (Wildman–Crippen MR) is 46.2 cm³/mol. The summed E-state index contributed by atoms with van der Waals surface area (Å²) in [5.74, 6) is 0. The first-order valence-electron chi connectivity index (χ1n) is 3.32. The van der Waals surface area contributed by atoms with E-state index in [0.717, 1.165) is 19.3 Å². The maximum Gasteiger partial charge on any atom is 0.189 e. The fourth-order valence-electron chi connectivity index (χ4n) is 1.07. The highest BCUT2D eigenvalue weighted by molar-refractivity contribution is 14.1. The third-order valence-electron chi connectivity index (χ3n) is 1.68. The van der Waals surface area contributed by atoms with E-state index in [0.29, 0.717) is 0 Å². The number of quaternary nitrogens is 1. The second-order valence-electron chi connectivity index (χ2n) is 2.38. The molecule has 3 nitrogen and oxygen atoms in total. The highest BCUT2D eigenvalue weighted by Crippen LogP contribution is 2.07. The van der Waals surface area contributed by atoms with Crippen LogP contribution in [0.5, 0.6) is 0 Å². The molecule has 2 atom stereocenters. The van der Waals surface area contributed by atoms with E-state index in [2.05, 4.69) is 9.24 Å². The molecule has 0 fully saturated rings. The van der Waals surface area contributed by atoms with Crippen LogP contribution in [0.3, 0.4) is 0 Å². The first-order chi connectivity index (χ1) is 4.84. The van der Waals surface area contributed by atoms with Gasteiger partial charge in [-0.2, -0.15) is 0 Å². The third-order valence-corrected chi connectivity index (χ3v) is 2.11. The normalized spacial score (nSPS) is 28.4. The Kier molecular flexibility index (Phi) is 3.61. The summed E-state index contributed by atoms with van der Waals surface area (Å²) in [4.78, 5) is 0. The molecule has 0 bridgehead atoms. The molecular formula is C6H10INO2.